The maximum absolute atomic E-state index is 6.93. The predicted molar refractivity (Wildman–Crippen MR) is 157 cm³/mol. The lowest BCUT2D eigenvalue weighted by Crippen LogP contribution is -2.53. The molecule has 0 aliphatic heterocycles. The van der Waals surface area contributed by atoms with Crippen LogP contribution in [0.15, 0.2) is 61.2 Å². The molecule has 0 unspecified atom stereocenters. The molecule has 0 amide bonds. The summed E-state index contributed by atoms with van der Waals surface area (Å²) in [6, 6.07) is 16.8. The van der Waals surface area contributed by atoms with Gasteiger partial charge in [-0.1, -0.05) is 63.2 Å². The molecule has 3 N–H and O–H groups in total. The average molecular weight is 525 g/mol. The standard InChI is InChI=1S/C31H48N2O3Si/c1-9-17-34-29-20-28(26-19-24(35-22(2)3)15-16-25(26)29)33-21-30(36-37(7,8)31(4,5)6)27(32)18-23-13-11-10-12-14-23/h9-16,19,22,27-30,33H,1,17-18,20-21,32H2,2-8H3/t27-,28-,29+,30+/m0/s1. The summed E-state index contributed by atoms with van der Waals surface area (Å²) < 4.78 is 19.1. The summed E-state index contributed by atoms with van der Waals surface area (Å²) >= 11 is 0. The van der Waals surface area contributed by atoms with Gasteiger partial charge in [0.1, 0.15) is 5.75 Å². The van der Waals surface area contributed by atoms with Crippen LogP contribution in [0.5, 0.6) is 5.75 Å². The van der Waals surface area contributed by atoms with Crippen molar-refractivity contribution in [3.05, 3.63) is 77.9 Å². The van der Waals surface area contributed by atoms with Crippen LogP contribution < -0.4 is 15.8 Å². The van der Waals surface area contributed by atoms with E-state index in [2.05, 4.69) is 96.0 Å². The molecule has 204 valence electrons. The Morgan fingerprint density at radius 1 is 1.11 bits per heavy atom. The Labute approximate surface area is 225 Å². The lowest BCUT2D eigenvalue weighted by atomic mass is 10.0. The normalized spacial score (nSPS) is 19.5. The zero-order valence-corrected chi connectivity index (χ0v) is 24.9. The molecule has 5 nitrogen and oxygen atoms in total. The maximum Gasteiger partial charge on any atom is 0.192 e. The van der Waals surface area contributed by atoms with Gasteiger partial charge in [-0.3, -0.25) is 0 Å². The number of fused-ring (bicyclic) bond motifs is 1. The average Bonchev–Trinajstić information content (AvgIpc) is 3.16. The Morgan fingerprint density at radius 2 is 1.81 bits per heavy atom. The number of hydrogen-bond acceptors (Lipinski definition) is 5. The highest BCUT2D eigenvalue weighted by Crippen LogP contribution is 2.43. The fraction of sp³-hybridized carbons (Fsp3) is 0.548. The van der Waals surface area contributed by atoms with Gasteiger partial charge in [0.25, 0.3) is 0 Å². The summed E-state index contributed by atoms with van der Waals surface area (Å²) in [6.45, 7) is 20.6. The minimum atomic E-state index is -2.03. The third-order valence-corrected chi connectivity index (χ3v) is 12.1. The molecule has 4 atom stereocenters. The Hall–Kier alpha value is -1.96. The molecule has 1 aliphatic rings. The molecular weight excluding hydrogens is 476 g/mol. The van der Waals surface area contributed by atoms with Gasteiger partial charge in [0.05, 0.1) is 24.9 Å². The topological polar surface area (TPSA) is 65.7 Å². The highest BCUT2D eigenvalue weighted by molar-refractivity contribution is 6.74. The zero-order chi connectivity index (χ0) is 27.2. The van der Waals surface area contributed by atoms with E-state index in [0.717, 1.165) is 18.6 Å². The number of ether oxygens (including phenoxy) is 2. The summed E-state index contributed by atoms with van der Waals surface area (Å²) in [5.41, 5.74) is 10.5. The zero-order valence-electron chi connectivity index (χ0n) is 23.9. The second-order valence-corrected chi connectivity index (χ2v) is 16.8. The van der Waals surface area contributed by atoms with E-state index < -0.39 is 8.32 Å². The van der Waals surface area contributed by atoms with Gasteiger partial charge in [0.15, 0.2) is 8.32 Å². The first-order valence-electron chi connectivity index (χ1n) is 13.6. The van der Waals surface area contributed by atoms with Gasteiger partial charge in [-0.2, -0.15) is 0 Å². The number of nitrogens with two attached hydrogens (primary N) is 1. The largest absolute Gasteiger partial charge is 0.491 e. The van der Waals surface area contributed by atoms with E-state index in [0.29, 0.717) is 13.2 Å². The lowest BCUT2D eigenvalue weighted by molar-refractivity contribution is 0.0681. The van der Waals surface area contributed by atoms with Crippen LogP contribution in [-0.2, 0) is 15.6 Å². The first-order valence-corrected chi connectivity index (χ1v) is 16.6. The van der Waals surface area contributed by atoms with Crippen LogP contribution in [0, 0.1) is 0 Å². The minimum Gasteiger partial charge on any atom is -0.491 e. The molecule has 1 aliphatic carbocycles. The van der Waals surface area contributed by atoms with E-state index in [1.54, 1.807) is 0 Å². The SMILES string of the molecule is C=CCO[C@@H]1C[C@H](NC[C@@H](O[Si](C)(C)C(C)(C)C)[C@@H](N)Cc2ccccc2)c2cc(OC(C)C)ccc21. The van der Waals surface area contributed by atoms with Gasteiger partial charge in [-0.05, 0) is 73.6 Å². The van der Waals surface area contributed by atoms with E-state index in [-0.39, 0.29) is 35.4 Å². The van der Waals surface area contributed by atoms with Crippen LogP contribution in [0.25, 0.3) is 0 Å². The van der Waals surface area contributed by atoms with E-state index in [4.69, 9.17) is 19.6 Å². The number of nitrogens with one attached hydrogen (secondary N) is 1. The molecule has 0 spiro atoms. The lowest BCUT2D eigenvalue weighted by Gasteiger charge is -2.41. The first-order chi connectivity index (χ1) is 17.4. The van der Waals surface area contributed by atoms with Gasteiger partial charge >= 0.3 is 0 Å². The van der Waals surface area contributed by atoms with Crippen molar-refractivity contribution >= 4 is 8.32 Å². The van der Waals surface area contributed by atoms with Crippen LogP contribution >= 0.6 is 0 Å². The third-order valence-electron chi connectivity index (χ3n) is 7.63. The van der Waals surface area contributed by atoms with Gasteiger partial charge in [0, 0.05) is 18.6 Å². The van der Waals surface area contributed by atoms with Crippen molar-refractivity contribution < 1.29 is 13.9 Å². The van der Waals surface area contributed by atoms with Gasteiger partial charge in [0.2, 0.25) is 0 Å². The molecule has 0 bridgehead atoms. The minimum absolute atomic E-state index is 0.0244. The van der Waals surface area contributed by atoms with Crippen molar-refractivity contribution in [2.45, 2.75) is 96.0 Å². The van der Waals surface area contributed by atoms with Crippen molar-refractivity contribution in [3.8, 4) is 5.75 Å². The number of rotatable bonds is 13. The molecule has 0 heterocycles. The van der Waals surface area contributed by atoms with E-state index in [1.165, 1.54) is 16.7 Å². The fourth-order valence-electron chi connectivity index (χ4n) is 4.61. The Morgan fingerprint density at radius 3 is 2.43 bits per heavy atom. The Kier molecular flexibility index (Phi) is 10.2. The molecule has 37 heavy (non-hydrogen) atoms. The fourth-order valence-corrected chi connectivity index (χ4v) is 5.98. The highest BCUT2D eigenvalue weighted by atomic mass is 28.4. The van der Waals surface area contributed by atoms with Crippen LogP contribution in [0.4, 0.5) is 0 Å². The molecule has 3 rings (SSSR count). The third kappa shape index (κ3) is 8.01. The van der Waals surface area contributed by atoms with Gasteiger partial charge in [-0.15, -0.1) is 6.58 Å². The quantitative estimate of drug-likeness (QED) is 0.225. The smallest absolute Gasteiger partial charge is 0.192 e. The van der Waals surface area contributed by atoms with E-state index >= 15 is 0 Å². The Balaban J connectivity index is 1.82. The molecule has 0 aromatic heterocycles. The monoisotopic (exact) mass is 524 g/mol. The summed E-state index contributed by atoms with van der Waals surface area (Å²) in [7, 11) is -2.03. The van der Waals surface area contributed by atoms with Crippen LogP contribution in [0.1, 0.15) is 69.9 Å². The van der Waals surface area contributed by atoms with Crippen LogP contribution in [-0.4, -0.2) is 39.7 Å². The van der Waals surface area contributed by atoms with Crippen molar-refractivity contribution in [1.29, 1.82) is 0 Å². The van der Waals surface area contributed by atoms with Crippen molar-refractivity contribution in [2.75, 3.05) is 13.2 Å². The molecule has 2 aromatic rings. The van der Waals surface area contributed by atoms with Crippen LogP contribution in [0.3, 0.4) is 0 Å². The molecule has 2 aromatic carbocycles. The van der Waals surface area contributed by atoms with Crippen molar-refractivity contribution in [1.82, 2.24) is 5.32 Å². The summed E-state index contributed by atoms with van der Waals surface area (Å²) in [6.07, 6.45) is 3.49. The highest BCUT2D eigenvalue weighted by Gasteiger charge is 2.41. The van der Waals surface area contributed by atoms with Crippen molar-refractivity contribution in [3.63, 3.8) is 0 Å². The van der Waals surface area contributed by atoms with Gasteiger partial charge < -0.3 is 25.0 Å². The number of benzene rings is 2. The van der Waals surface area contributed by atoms with Crippen molar-refractivity contribution in [2.24, 2.45) is 5.73 Å². The number of hydrogen-bond donors (Lipinski definition) is 2. The second kappa shape index (κ2) is 12.7. The molecule has 0 radical (unpaired) electrons. The van der Waals surface area contributed by atoms with E-state index in [9.17, 15) is 0 Å². The Bertz CT molecular complexity index is 1000. The summed E-state index contributed by atoms with van der Waals surface area (Å²) in [4.78, 5) is 0. The molecular formula is C31H48N2O3Si. The maximum atomic E-state index is 6.93. The molecule has 0 saturated heterocycles. The van der Waals surface area contributed by atoms with Gasteiger partial charge in [-0.25, -0.2) is 0 Å². The summed E-state index contributed by atoms with van der Waals surface area (Å²) in [5, 5.41) is 3.92. The molecule has 0 saturated carbocycles. The van der Waals surface area contributed by atoms with Crippen LogP contribution in [0.2, 0.25) is 18.1 Å². The molecule has 0 fully saturated rings. The van der Waals surface area contributed by atoms with E-state index in [1.807, 2.05) is 18.2 Å². The summed E-state index contributed by atoms with van der Waals surface area (Å²) in [5.74, 6) is 0.889. The second-order valence-electron chi connectivity index (χ2n) is 12.0. The first kappa shape index (κ1) is 29.6. The predicted octanol–water partition coefficient (Wildman–Crippen LogP) is 6.71. The molecule has 6 heteroatoms.